The molecule has 0 saturated carbocycles. The van der Waals surface area contributed by atoms with Crippen molar-refractivity contribution in [3.8, 4) is 5.75 Å². The first-order valence-electron chi connectivity index (χ1n) is 9.45. The van der Waals surface area contributed by atoms with Gasteiger partial charge in [0.25, 0.3) is 5.91 Å². The Morgan fingerprint density at radius 3 is 2.27 bits per heavy atom. The predicted molar refractivity (Wildman–Crippen MR) is 115 cm³/mol. The van der Waals surface area contributed by atoms with Gasteiger partial charge < -0.3 is 20.1 Å². The van der Waals surface area contributed by atoms with Crippen LogP contribution in [0.1, 0.15) is 23.6 Å². The zero-order valence-electron chi connectivity index (χ0n) is 17.5. The van der Waals surface area contributed by atoms with Crippen LogP contribution in [0.4, 0.5) is 5.69 Å². The number of hydrogen-bond acceptors (Lipinski definition) is 5. The van der Waals surface area contributed by atoms with Crippen LogP contribution >= 0.6 is 0 Å². The Morgan fingerprint density at radius 1 is 1.03 bits per heavy atom. The minimum absolute atomic E-state index is 0.436. The first-order valence-corrected chi connectivity index (χ1v) is 9.45. The quantitative estimate of drug-likeness (QED) is 0.515. The van der Waals surface area contributed by atoms with Crippen LogP contribution in [0.3, 0.4) is 0 Å². The summed E-state index contributed by atoms with van der Waals surface area (Å²) in [5, 5.41) is 5.24. The number of esters is 1. The molecule has 0 aliphatic heterocycles. The normalized spacial score (nSPS) is 11.6. The average Bonchev–Trinajstić information content (AvgIpc) is 2.73. The van der Waals surface area contributed by atoms with Crippen LogP contribution in [0.5, 0.6) is 5.75 Å². The summed E-state index contributed by atoms with van der Waals surface area (Å²) in [5.41, 5.74) is 3.34. The van der Waals surface area contributed by atoms with Crippen LogP contribution in [0.2, 0.25) is 0 Å². The summed E-state index contributed by atoms with van der Waals surface area (Å²) in [6.45, 7) is 4.82. The molecule has 0 bridgehead atoms. The third kappa shape index (κ3) is 6.77. The van der Waals surface area contributed by atoms with Gasteiger partial charge in [-0.3, -0.25) is 9.59 Å². The molecule has 2 N–H and O–H groups in total. The smallest absolute Gasteiger partial charge is 0.328 e. The van der Waals surface area contributed by atoms with E-state index in [0.717, 1.165) is 22.4 Å². The number of methoxy groups -OCH3 is 1. The number of nitrogens with one attached hydrogen (secondary N) is 2. The number of aryl methyl sites for hydroxylation is 2. The molecule has 2 amide bonds. The van der Waals surface area contributed by atoms with Gasteiger partial charge in [-0.2, -0.15) is 0 Å². The maximum atomic E-state index is 12.1. The molecule has 0 heterocycles. The van der Waals surface area contributed by atoms with Crippen LogP contribution in [0.25, 0.3) is 6.08 Å². The summed E-state index contributed by atoms with van der Waals surface area (Å²) in [7, 11) is 1.58. The van der Waals surface area contributed by atoms with E-state index in [-0.39, 0.29) is 0 Å². The molecular weight excluding hydrogens is 384 g/mol. The Kier molecular flexibility index (Phi) is 8.17. The van der Waals surface area contributed by atoms with Crippen LogP contribution in [-0.4, -0.2) is 37.5 Å². The molecule has 0 saturated heterocycles. The summed E-state index contributed by atoms with van der Waals surface area (Å²) in [6.07, 6.45) is 2.93. The minimum atomic E-state index is -0.897. The molecule has 2 aromatic carbocycles. The molecule has 0 radical (unpaired) electrons. The van der Waals surface area contributed by atoms with E-state index in [1.165, 1.54) is 13.0 Å². The molecule has 158 valence electrons. The van der Waals surface area contributed by atoms with Gasteiger partial charge in [0.05, 0.1) is 7.11 Å². The summed E-state index contributed by atoms with van der Waals surface area (Å²) in [4.78, 5) is 36.1. The van der Waals surface area contributed by atoms with Crippen molar-refractivity contribution in [2.75, 3.05) is 19.0 Å². The lowest BCUT2D eigenvalue weighted by molar-refractivity contribution is -0.149. The highest BCUT2D eigenvalue weighted by Crippen LogP contribution is 2.19. The van der Waals surface area contributed by atoms with Crippen molar-refractivity contribution < 1.29 is 23.9 Å². The number of carbonyl (C=O) groups excluding carboxylic acids is 3. The van der Waals surface area contributed by atoms with Crippen LogP contribution in [0.15, 0.2) is 48.5 Å². The van der Waals surface area contributed by atoms with E-state index >= 15 is 0 Å². The Labute approximate surface area is 176 Å². The lowest BCUT2D eigenvalue weighted by atomic mass is 10.1. The first kappa shape index (κ1) is 22.7. The Hall–Kier alpha value is -3.61. The molecule has 1 atom stereocenters. The van der Waals surface area contributed by atoms with Gasteiger partial charge in [-0.1, -0.05) is 30.3 Å². The van der Waals surface area contributed by atoms with E-state index in [2.05, 4.69) is 10.6 Å². The fraction of sp³-hybridized carbons (Fsp3) is 0.261. The number of benzene rings is 2. The second-order valence-electron chi connectivity index (χ2n) is 6.76. The topological polar surface area (TPSA) is 93.7 Å². The average molecular weight is 410 g/mol. The molecule has 0 aromatic heterocycles. The predicted octanol–water partition coefficient (Wildman–Crippen LogP) is 3.01. The summed E-state index contributed by atoms with van der Waals surface area (Å²) >= 11 is 0. The van der Waals surface area contributed by atoms with Gasteiger partial charge in [-0.25, -0.2) is 4.79 Å². The molecule has 2 aromatic rings. The van der Waals surface area contributed by atoms with Gasteiger partial charge >= 0.3 is 5.97 Å². The molecular formula is C23H26N2O5. The molecule has 0 fully saturated rings. The van der Waals surface area contributed by atoms with E-state index in [4.69, 9.17) is 9.47 Å². The fourth-order valence-electron chi connectivity index (χ4n) is 2.66. The number of amides is 2. The highest BCUT2D eigenvalue weighted by atomic mass is 16.5. The van der Waals surface area contributed by atoms with Crippen molar-refractivity contribution in [1.29, 1.82) is 0 Å². The zero-order valence-corrected chi connectivity index (χ0v) is 17.5. The number of anilines is 1. The molecule has 0 unspecified atom stereocenters. The minimum Gasteiger partial charge on any atom is -0.497 e. The molecule has 0 aliphatic carbocycles. The van der Waals surface area contributed by atoms with Gasteiger partial charge in [0, 0.05) is 11.8 Å². The SMILES string of the molecule is COc1ccc(/C=C/C(=O)N[C@@H](C)C(=O)OCC(=O)Nc2c(C)cccc2C)cc1. The monoisotopic (exact) mass is 410 g/mol. The standard InChI is InChI=1S/C23H26N2O5/c1-15-6-5-7-16(2)22(15)25-21(27)14-30-23(28)17(3)24-20(26)13-10-18-8-11-19(29-4)12-9-18/h5-13,17H,14H2,1-4H3,(H,24,26)(H,25,27)/b13-10+/t17-/m0/s1. The number of rotatable bonds is 8. The maximum absolute atomic E-state index is 12.1. The third-order valence-electron chi connectivity index (χ3n) is 4.35. The van der Waals surface area contributed by atoms with Gasteiger partial charge in [-0.15, -0.1) is 0 Å². The van der Waals surface area contributed by atoms with E-state index in [9.17, 15) is 14.4 Å². The van der Waals surface area contributed by atoms with Crippen LogP contribution in [0, 0.1) is 13.8 Å². The second-order valence-corrected chi connectivity index (χ2v) is 6.76. The van der Waals surface area contributed by atoms with Crippen LogP contribution < -0.4 is 15.4 Å². The number of carbonyl (C=O) groups is 3. The van der Waals surface area contributed by atoms with Crippen molar-refractivity contribution in [1.82, 2.24) is 5.32 Å². The lowest BCUT2D eigenvalue weighted by Crippen LogP contribution is -2.39. The van der Waals surface area contributed by atoms with Gasteiger partial charge in [0.1, 0.15) is 11.8 Å². The maximum Gasteiger partial charge on any atom is 0.328 e. The zero-order chi connectivity index (χ0) is 22.1. The van der Waals surface area contributed by atoms with Gasteiger partial charge in [0.15, 0.2) is 6.61 Å². The first-order chi connectivity index (χ1) is 14.3. The highest BCUT2D eigenvalue weighted by Gasteiger charge is 2.17. The van der Waals surface area contributed by atoms with Crippen molar-refractivity contribution in [2.45, 2.75) is 26.8 Å². The highest BCUT2D eigenvalue weighted by molar-refractivity contribution is 5.96. The molecule has 7 nitrogen and oxygen atoms in total. The molecule has 2 rings (SSSR count). The van der Waals surface area contributed by atoms with Crippen molar-refractivity contribution >= 4 is 29.5 Å². The van der Waals surface area contributed by atoms with E-state index in [1.54, 1.807) is 37.5 Å². The Bertz CT molecular complexity index is 915. The van der Waals surface area contributed by atoms with Gasteiger partial charge in [-0.05, 0) is 55.7 Å². The van der Waals surface area contributed by atoms with Crippen molar-refractivity contribution in [2.24, 2.45) is 0 Å². The summed E-state index contributed by atoms with van der Waals surface area (Å²) < 4.78 is 10.1. The Balaban J connectivity index is 1.80. The van der Waals surface area contributed by atoms with Gasteiger partial charge in [0.2, 0.25) is 5.91 Å². The van der Waals surface area contributed by atoms with E-state index < -0.39 is 30.4 Å². The van der Waals surface area contributed by atoms with Crippen LogP contribution in [-0.2, 0) is 19.1 Å². The van der Waals surface area contributed by atoms with Crippen molar-refractivity contribution in [3.05, 3.63) is 65.2 Å². The number of ether oxygens (including phenoxy) is 2. The third-order valence-corrected chi connectivity index (χ3v) is 4.35. The van der Waals surface area contributed by atoms with E-state index in [1.807, 2.05) is 32.0 Å². The molecule has 0 aliphatic rings. The second kappa shape index (κ2) is 10.8. The molecule has 0 spiro atoms. The summed E-state index contributed by atoms with van der Waals surface area (Å²) in [5.74, 6) is -0.874. The fourth-order valence-corrected chi connectivity index (χ4v) is 2.66. The molecule has 30 heavy (non-hydrogen) atoms. The van der Waals surface area contributed by atoms with Crippen molar-refractivity contribution in [3.63, 3.8) is 0 Å². The lowest BCUT2D eigenvalue weighted by Gasteiger charge is -2.14. The number of para-hydroxylation sites is 1. The summed E-state index contributed by atoms with van der Waals surface area (Å²) in [6, 6.07) is 11.9. The number of hydrogen-bond donors (Lipinski definition) is 2. The van der Waals surface area contributed by atoms with E-state index in [0.29, 0.717) is 5.69 Å². The Morgan fingerprint density at radius 2 is 1.67 bits per heavy atom. The molecule has 7 heteroatoms. The largest absolute Gasteiger partial charge is 0.497 e.